The van der Waals surface area contributed by atoms with Crippen molar-refractivity contribution in [3.05, 3.63) is 34.9 Å². The average Bonchev–Trinajstić information content (AvgIpc) is 2.47. The van der Waals surface area contributed by atoms with Gasteiger partial charge in [-0.1, -0.05) is 49.6 Å². The highest BCUT2D eigenvalue weighted by atomic mass is 35.5. The van der Waals surface area contributed by atoms with Gasteiger partial charge in [0.2, 0.25) is 0 Å². The number of aliphatic hydroxyl groups excluding tert-OH is 1. The normalized spacial score (nSPS) is 24.0. The van der Waals surface area contributed by atoms with Crippen molar-refractivity contribution in [2.45, 2.75) is 51.4 Å². The molecule has 1 aromatic rings. The van der Waals surface area contributed by atoms with Crippen LogP contribution < -0.4 is 5.32 Å². The van der Waals surface area contributed by atoms with Crippen molar-refractivity contribution in [3.8, 4) is 0 Å². The van der Waals surface area contributed by atoms with Gasteiger partial charge in [0.25, 0.3) is 0 Å². The Morgan fingerprint density at radius 3 is 2.95 bits per heavy atom. The lowest BCUT2D eigenvalue weighted by atomic mass is 9.89. The van der Waals surface area contributed by atoms with Crippen LogP contribution >= 0.6 is 11.6 Å². The predicted octanol–water partition coefficient (Wildman–Crippen LogP) is 3.39. The fourth-order valence-electron chi connectivity index (χ4n) is 2.85. The lowest BCUT2D eigenvalue weighted by molar-refractivity contribution is -0.0306. The molecule has 0 radical (unpaired) electrons. The molecule has 1 aliphatic carbocycles. The number of rotatable bonds is 7. The molecule has 0 heterocycles. The molecule has 3 unspecified atom stereocenters. The Morgan fingerprint density at radius 1 is 1.38 bits per heavy atom. The summed E-state index contributed by atoms with van der Waals surface area (Å²) < 4.78 is 5.83. The first-order chi connectivity index (χ1) is 10.1. The Morgan fingerprint density at radius 2 is 2.19 bits per heavy atom. The maximum absolute atomic E-state index is 9.97. The van der Waals surface area contributed by atoms with E-state index in [1.54, 1.807) is 0 Å². The van der Waals surface area contributed by atoms with Crippen molar-refractivity contribution < 1.29 is 9.84 Å². The van der Waals surface area contributed by atoms with Crippen LogP contribution in [0.3, 0.4) is 0 Å². The summed E-state index contributed by atoms with van der Waals surface area (Å²) in [5.41, 5.74) is 1.05. The predicted molar refractivity (Wildman–Crippen MR) is 86.5 cm³/mol. The maximum atomic E-state index is 9.97. The monoisotopic (exact) mass is 311 g/mol. The van der Waals surface area contributed by atoms with Crippen LogP contribution in [0.5, 0.6) is 0 Å². The molecule has 1 aromatic carbocycles. The highest BCUT2D eigenvalue weighted by molar-refractivity contribution is 6.31. The molecular weight excluding hydrogens is 286 g/mol. The van der Waals surface area contributed by atoms with Crippen molar-refractivity contribution in [1.29, 1.82) is 0 Å². The molecule has 0 bridgehead atoms. The first-order valence-electron chi connectivity index (χ1n) is 7.89. The molecule has 0 aromatic heterocycles. The number of aliphatic hydroxyl groups is 1. The highest BCUT2D eigenvalue weighted by Gasteiger charge is 2.20. The number of benzene rings is 1. The van der Waals surface area contributed by atoms with Crippen molar-refractivity contribution in [1.82, 2.24) is 5.32 Å². The van der Waals surface area contributed by atoms with E-state index in [1.807, 2.05) is 24.3 Å². The van der Waals surface area contributed by atoms with Crippen LogP contribution in [0.4, 0.5) is 0 Å². The van der Waals surface area contributed by atoms with E-state index in [0.29, 0.717) is 25.8 Å². The van der Waals surface area contributed by atoms with Crippen LogP contribution in [0.1, 0.15) is 38.2 Å². The number of hydrogen-bond donors (Lipinski definition) is 2. The summed E-state index contributed by atoms with van der Waals surface area (Å²) in [5, 5.41) is 14.0. The van der Waals surface area contributed by atoms with Crippen LogP contribution in [0.2, 0.25) is 5.02 Å². The summed E-state index contributed by atoms with van der Waals surface area (Å²) >= 11 is 6.09. The van der Waals surface area contributed by atoms with Crippen LogP contribution in [0, 0.1) is 5.92 Å². The van der Waals surface area contributed by atoms with Crippen LogP contribution in [-0.4, -0.2) is 30.5 Å². The van der Waals surface area contributed by atoms with E-state index < -0.39 is 6.10 Å². The standard InChI is InChI=1S/C17H26ClNO2/c1-13-5-4-7-16(9-13)21-12-15(20)11-19-10-14-6-2-3-8-17(14)18/h2-3,6,8,13,15-16,19-20H,4-5,7,9-12H2,1H3. The Balaban J connectivity index is 1.61. The molecule has 1 fully saturated rings. The van der Waals surface area contributed by atoms with Gasteiger partial charge >= 0.3 is 0 Å². The summed E-state index contributed by atoms with van der Waals surface area (Å²) in [6.07, 6.45) is 4.66. The van der Waals surface area contributed by atoms with Gasteiger partial charge in [-0.2, -0.15) is 0 Å². The second-order valence-electron chi connectivity index (χ2n) is 6.10. The minimum atomic E-state index is -0.468. The third kappa shape index (κ3) is 5.95. The smallest absolute Gasteiger partial charge is 0.0897 e. The maximum Gasteiger partial charge on any atom is 0.0897 e. The zero-order valence-electron chi connectivity index (χ0n) is 12.7. The molecule has 21 heavy (non-hydrogen) atoms. The molecule has 0 spiro atoms. The van der Waals surface area contributed by atoms with Gasteiger partial charge in [-0.05, 0) is 30.4 Å². The van der Waals surface area contributed by atoms with Crippen LogP contribution in [0.25, 0.3) is 0 Å². The number of halogens is 1. The molecule has 1 saturated carbocycles. The molecule has 3 nitrogen and oxygen atoms in total. The van der Waals surface area contributed by atoms with Crippen LogP contribution in [0.15, 0.2) is 24.3 Å². The Bertz CT molecular complexity index is 427. The molecule has 0 saturated heterocycles. The summed E-state index contributed by atoms with van der Waals surface area (Å²) in [6.45, 7) is 3.87. The van der Waals surface area contributed by atoms with Gasteiger partial charge in [0.1, 0.15) is 0 Å². The third-order valence-corrected chi connectivity index (χ3v) is 4.43. The highest BCUT2D eigenvalue weighted by Crippen LogP contribution is 2.25. The Kier molecular flexibility index (Phi) is 6.97. The number of ether oxygens (including phenoxy) is 1. The SMILES string of the molecule is CC1CCCC(OCC(O)CNCc2ccccc2Cl)C1. The zero-order chi connectivity index (χ0) is 15.1. The van der Waals surface area contributed by atoms with Crippen molar-refractivity contribution >= 4 is 11.6 Å². The Hall–Kier alpha value is -0.610. The van der Waals surface area contributed by atoms with Crippen LogP contribution in [-0.2, 0) is 11.3 Å². The van der Waals surface area contributed by atoms with Crippen molar-refractivity contribution in [3.63, 3.8) is 0 Å². The fourth-order valence-corrected chi connectivity index (χ4v) is 3.05. The van der Waals surface area contributed by atoms with E-state index in [-0.39, 0.29) is 0 Å². The summed E-state index contributed by atoms with van der Waals surface area (Å²) in [7, 11) is 0. The van der Waals surface area contributed by atoms with E-state index in [1.165, 1.54) is 12.8 Å². The van der Waals surface area contributed by atoms with Gasteiger partial charge < -0.3 is 15.2 Å². The molecule has 0 amide bonds. The van der Waals surface area contributed by atoms with Gasteiger partial charge in [0.15, 0.2) is 0 Å². The summed E-state index contributed by atoms with van der Waals surface area (Å²) in [5.74, 6) is 0.749. The number of nitrogens with one attached hydrogen (secondary N) is 1. The summed E-state index contributed by atoms with van der Waals surface area (Å²) in [6, 6.07) is 7.75. The van der Waals surface area contributed by atoms with E-state index in [9.17, 15) is 5.11 Å². The second-order valence-corrected chi connectivity index (χ2v) is 6.51. The minimum Gasteiger partial charge on any atom is -0.389 e. The molecule has 2 N–H and O–H groups in total. The quantitative estimate of drug-likeness (QED) is 0.811. The minimum absolute atomic E-state index is 0.326. The topological polar surface area (TPSA) is 41.5 Å². The summed E-state index contributed by atoms with van der Waals surface area (Å²) in [4.78, 5) is 0. The third-order valence-electron chi connectivity index (χ3n) is 4.07. The van der Waals surface area contributed by atoms with Gasteiger partial charge in [0, 0.05) is 18.1 Å². The largest absolute Gasteiger partial charge is 0.389 e. The molecule has 3 atom stereocenters. The number of hydrogen-bond acceptors (Lipinski definition) is 3. The molecule has 0 aliphatic heterocycles. The first-order valence-corrected chi connectivity index (χ1v) is 8.26. The van der Waals surface area contributed by atoms with Gasteiger partial charge in [0.05, 0.1) is 18.8 Å². The van der Waals surface area contributed by atoms with E-state index in [2.05, 4.69) is 12.2 Å². The van der Waals surface area contributed by atoms with E-state index in [0.717, 1.165) is 29.3 Å². The lowest BCUT2D eigenvalue weighted by Crippen LogP contribution is -2.33. The van der Waals surface area contributed by atoms with Crippen molar-refractivity contribution in [2.24, 2.45) is 5.92 Å². The van der Waals surface area contributed by atoms with Crippen molar-refractivity contribution in [2.75, 3.05) is 13.2 Å². The Labute approximate surface area is 132 Å². The molecular formula is C17H26ClNO2. The van der Waals surface area contributed by atoms with Gasteiger partial charge in [-0.25, -0.2) is 0 Å². The first kappa shape index (κ1) is 16.8. The fraction of sp³-hybridized carbons (Fsp3) is 0.647. The van der Waals surface area contributed by atoms with Gasteiger partial charge in [-0.3, -0.25) is 0 Å². The van der Waals surface area contributed by atoms with E-state index in [4.69, 9.17) is 16.3 Å². The molecule has 4 heteroatoms. The van der Waals surface area contributed by atoms with E-state index >= 15 is 0 Å². The molecule has 118 valence electrons. The molecule has 2 rings (SSSR count). The average molecular weight is 312 g/mol. The lowest BCUT2D eigenvalue weighted by Gasteiger charge is -2.27. The second kappa shape index (κ2) is 8.74. The zero-order valence-corrected chi connectivity index (χ0v) is 13.5. The molecule has 1 aliphatic rings. The van der Waals surface area contributed by atoms with Gasteiger partial charge in [-0.15, -0.1) is 0 Å².